The third kappa shape index (κ3) is 5.33. The van der Waals surface area contributed by atoms with Crippen molar-refractivity contribution in [2.24, 2.45) is 7.05 Å². The fourth-order valence-electron chi connectivity index (χ4n) is 4.15. The van der Waals surface area contributed by atoms with Gasteiger partial charge < -0.3 is 10.2 Å². The van der Waals surface area contributed by atoms with Gasteiger partial charge in [-0.25, -0.2) is 9.37 Å². The van der Waals surface area contributed by atoms with Crippen LogP contribution in [0.1, 0.15) is 39.8 Å². The average Bonchev–Trinajstić information content (AvgIpc) is 3.62. The van der Waals surface area contributed by atoms with Crippen LogP contribution in [0.5, 0.6) is 0 Å². The summed E-state index contributed by atoms with van der Waals surface area (Å²) in [6, 6.07) is 11.9. The van der Waals surface area contributed by atoms with Crippen LogP contribution in [0.15, 0.2) is 53.2 Å². The van der Waals surface area contributed by atoms with Crippen molar-refractivity contribution in [2.75, 3.05) is 18.4 Å². The van der Waals surface area contributed by atoms with Gasteiger partial charge in [-0.1, -0.05) is 18.2 Å². The van der Waals surface area contributed by atoms with Gasteiger partial charge in [0.05, 0.1) is 16.3 Å². The minimum absolute atomic E-state index is 0.0485. The zero-order chi connectivity index (χ0) is 24.4. The van der Waals surface area contributed by atoms with Crippen molar-refractivity contribution in [3.8, 4) is 10.6 Å². The van der Waals surface area contributed by atoms with E-state index >= 15 is 0 Å². The van der Waals surface area contributed by atoms with Crippen molar-refractivity contribution in [3.05, 3.63) is 75.3 Å². The molecule has 1 aromatic carbocycles. The van der Waals surface area contributed by atoms with Gasteiger partial charge in [-0.2, -0.15) is 5.10 Å². The van der Waals surface area contributed by atoms with Crippen molar-refractivity contribution in [2.45, 2.75) is 25.2 Å². The van der Waals surface area contributed by atoms with E-state index in [-0.39, 0.29) is 30.0 Å². The van der Waals surface area contributed by atoms with Crippen molar-refractivity contribution in [3.63, 3.8) is 0 Å². The minimum atomic E-state index is -0.304. The van der Waals surface area contributed by atoms with Crippen molar-refractivity contribution < 1.29 is 14.0 Å². The summed E-state index contributed by atoms with van der Waals surface area (Å²) in [6.07, 6.45) is 1.87. The van der Waals surface area contributed by atoms with Crippen LogP contribution in [0.4, 0.5) is 10.2 Å². The number of thiazole rings is 1. The maximum atomic E-state index is 13.1. The molecule has 35 heavy (non-hydrogen) atoms. The van der Waals surface area contributed by atoms with Crippen LogP contribution in [0.3, 0.4) is 0 Å². The molecule has 1 aliphatic heterocycles. The van der Waals surface area contributed by atoms with Gasteiger partial charge in [0.15, 0.2) is 0 Å². The summed E-state index contributed by atoms with van der Waals surface area (Å²) in [5, 5.41) is 12.1. The van der Waals surface area contributed by atoms with Crippen molar-refractivity contribution in [1.82, 2.24) is 19.7 Å². The number of likely N-dealkylation sites (tertiary alicyclic amines) is 1. The van der Waals surface area contributed by atoms with E-state index in [1.54, 1.807) is 40.6 Å². The SMILES string of the molecule is Cn1nc(-c2cccs2)cc1NC(=O)c1csc(C2CCN(C(=O)Cc3ccc(F)cc3)CC2)n1. The Morgan fingerprint density at radius 2 is 1.91 bits per heavy atom. The summed E-state index contributed by atoms with van der Waals surface area (Å²) in [5.41, 5.74) is 2.02. The van der Waals surface area contributed by atoms with Crippen LogP contribution in [0.25, 0.3) is 10.6 Å². The molecular formula is C25H24FN5O2S2. The zero-order valence-corrected chi connectivity index (χ0v) is 20.7. The number of benzene rings is 1. The highest BCUT2D eigenvalue weighted by atomic mass is 32.1. The summed E-state index contributed by atoms with van der Waals surface area (Å²) in [5.74, 6) is 0.314. The number of aryl methyl sites for hydroxylation is 1. The van der Waals surface area contributed by atoms with Crippen molar-refractivity contribution in [1.29, 1.82) is 0 Å². The number of piperidine rings is 1. The Kier molecular flexibility index (Phi) is 6.74. The van der Waals surface area contributed by atoms with E-state index in [9.17, 15) is 14.0 Å². The number of carbonyl (C=O) groups excluding carboxylic acids is 2. The topological polar surface area (TPSA) is 80.1 Å². The normalized spacial score (nSPS) is 14.3. The first kappa shape index (κ1) is 23.4. The summed E-state index contributed by atoms with van der Waals surface area (Å²) >= 11 is 3.08. The zero-order valence-electron chi connectivity index (χ0n) is 19.1. The molecular weight excluding hydrogens is 485 g/mol. The largest absolute Gasteiger partial charge is 0.342 e. The van der Waals surface area contributed by atoms with Gasteiger partial charge in [0, 0.05) is 37.5 Å². The van der Waals surface area contributed by atoms with E-state index in [1.807, 2.05) is 28.5 Å². The number of nitrogens with zero attached hydrogens (tertiary/aromatic N) is 4. The third-order valence-electron chi connectivity index (χ3n) is 6.12. The maximum absolute atomic E-state index is 13.1. The molecule has 4 aromatic rings. The number of carbonyl (C=O) groups is 2. The molecule has 180 valence electrons. The number of hydrogen-bond acceptors (Lipinski definition) is 6. The Hall–Kier alpha value is -3.37. The maximum Gasteiger partial charge on any atom is 0.276 e. The highest BCUT2D eigenvalue weighted by Crippen LogP contribution is 2.31. The minimum Gasteiger partial charge on any atom is -0.342 e. The van der Waals surface area contributed by atoms with Crippen LogP contribution in [0.2, 0.25) is 0 Å². The van der Waals surface area contributed by atoms with Gasteiger partial charge in [-0.05, 0) is 42.0 Å². The molecule has 0 bridgehead atoms. The van der Waals surface area contributed by atoms with Crippen LogP contribution in [0, 0.1) is 5.82 Å². The summed E-state index contributed by atoms with van der Waals surface area (Å²) in [7, 11) is 1.80. The first-order valence-electron chi connectivity index (χ1n) is 11.3. The number of aromatic nitrogens is 3. The second-order valence-corrected chi connectivity index (χ2v) is 10.3. The lowest BCUT2D eigenvalue weighted by molar-refractivity contribution is -0.131. The molecule has 5 rings (SSSR count). The molecule has 2 amide bonds. The Morgan fingerprint density at radius 1 is 1.14 bits per heavy atom. The Morgan fingerprint density at radius 3 is 2.63 bits per heavy atom. The molecule has 1 N–H and O–H groups in total. The molecule has 10 heteroatoms. The van der Waals surface area contributed by atoms with Crippen LogP contribution < -0.4 is 5.32 Å². The van der Waals surface area contributed by atoms with E-state index in [0.717, 1.165) is 34.0 Å². The lowest BCUT2D eigenvalue weighted by atomic mass is 9.97. The Bertz CT molecular complexity index is 1320. The molecule has 0 unspecified atom stereocenters. The van der Waals surface area contributed by atoms with Crippen molar-refractivity contribution >= 4 is 40.3 Å². The Labute approximate surface area is 210 Å². The molecule has 0 atom stereocenters. The molecule has 0 radical (unpaired) electrons. The second kappa shape index (κ2) is 10.1. The van der Waals surface area contributed by atoms with Gasteiger partial charge in [0.1, 0.15) is 23.0 Å². The highest BCUT2D eigenvalue weighted by Gasteiger charge is 2.26. The van der Waals surface area contributed by atoms with E-state index in [2.05, 4.69) is 15.4 Å². The molecule has 0 aliphatic carbocycles. The quantitative estimate of drug-likeness (QED) is 0.399. The van der Waals surface area contributed by atoms with E-state index in [4.69, 9.17) is 0 Å². The van der Waals surface area contributed by atoms with Gasteiger partial charge in [0.2, 0.25) is 5.91 Å². The number of anilines is 1. The number of thiophene rings is 1. The first-order valence-corrected chi connectivity index (χ1v) is 13.1. The fourth-order valence-corrected chi connectivity index (χ4v) is 5.81. The molecule has 3 aromatic heterocycles. The third-order valence-corrected chi connectivity index (χ3v) is 8.01. The molecule has 1 saturated heterocycles. The standard InChI is InChI=1S/C25H24FN5O2S2/c1-30-22(14-19(29-30)21-3-2-12-34-21)28-24(33)20-15-35-25(27-20)17-8-10-31(11-9-17)23(32)13-16-4-6-18(26)7-5-16/h2-7,12,14-15,17H,8-11,13H2,1H3,(H,28,33). The van der Waals surface area contributed by atoms with E-state index in [0.29, 0.717) is 24.6 Å². The summed E-state index contributed by atoms with van der Waals surface area (Å²) in [6.45, 7) is 1.29. The van der Waals surface area contributed by atoms with E-state index < -0.39 is 0 Å². The lowest BCUT2D eigenvalue weighted by Crippen LogP contribution is -2.38. The number of rotatable bonds is 6. The Balaban J connectivity index is 1.16. The van der Waals surface area contributed by atoms with Gasteiger partial charge in [0.25, 0.3) is 5.91 Å². The molecule has 4 heterocycles. The van der Waals surface area contributed by atoms with Gasteiger partial charge in [-0.3, -0.25) is 14.3 Å². The molecule has 1 fully saturated rings. The molecule has 0 spiro atoms. The number of halogens is 1. The second-order valence-electron chi connectivity index (χ2n) is 8.50. The average molecular weight is 510 g/mol. The van der Waals surface area contributed by atoms with E-state index in [1.165, 1.54) is 23.5 Å². The number of nitrogens with one attached hydrogen (secondary N) is 1. The fraction of sp³-hybridized carbons (Fsp3) is 0.280. The predicted molar refractivity (Wildman–Crippen MR) is 135 cm³/mol. The van der Waals surface area contributed by atoms with Crippen LogP contribution in [-0.2, 0) is 18.3 Å². The lowest BCUT2D eigenvalue weighted by Gasteiger charge is -2.31. The predicted octanol–water partition coefficient (Wildman–Crippen LogP) is 4.95. The van der Waals surface area contributed by atoms with Gasteiger partial charge >= 0.3 is 0 Å². The molecule has 7 nitrogen and oxygen atoms in total. The van der Waals surface area contributed by atoms with Crippen LogP contribution >= 0.6 is 22.7 Å². The monoisotopic (exact) mass is 509 g/mol. The first-order chi connectivity index (χ1) is 17.0. The molecule has 0 saturated carbocycles. The summed E-state index contributed by atoms with van der Waals surface area (Å²) in [4.78, 5) is 32.9. The highest BCUT2D eigenvalue weighted by molar-refractivity contribution is 7.13. The summed E-state index contributed by atoms with van der Waals surface area (Å²) < 4.78 is 14.7. The van der Waals surface area contributed by atoms with Gasteiger partial charge in [-0.15, -0.1) is 22.7 Å². The molecule has 1 aliphatic rings. The smallest absolute Gasteiger partial charge is 0.276 e. The number of hydrogen-bond donors (Lipinski definition) is 1. The van der Waals surface area contributed by atoms with Crippen LogP contribution in [-0.4, -0.2) is 44.6 Å². The number of amides is 2.